The fourth-order valence-electron chi connectivity index (χ4n) is 2.71. The first-order valence-electron chi connectivity index (χ1n) is 8.18. The molecule has 3 rings (SSSR count). The van der Waals surface area contributed by atoms with Gasteiger partial charge in [-0.1, -0.05) is 56.6 Å². The lowest BCUT2D eigenvalue weighted by Crippen LogP contribution is -2.17. The quantitative estimate of drug-likeness (QED) is 0.435. The summed E-state index contributed by atoms with van der Waals surface area (Å²) < 4.78 is 5.65. The highest BCUT2D eigenvalue weighted by Gasteiger charge is 2.20. The van der Waals surface area contributed by atoms with Gasteiger partial charge in [0.25, 0.3) is 0 Å². The summed E-state index contributed by atoms with van der Waals surface area (Å²) in [6, 6.07) is 15.1. The number of fused-ring (bicyclic) bond motifs is 1. The fraction of sp³-hybridized carbons (Fsp3) is 0.238. The molecule has 0 bridgehead atoms. The van der Waals surface area contributed by atoms with Crippen molar-refractivity contribution in [1.82, 2.24) is 4.98 Å². The average Bonchev–Trinajstić information content (AvgIpc) is 2.54. The molecule has 25 heavy (non-hydrogen) atoms. The molecule has 3 aromatic rings. The standard InChI is InChI=1S/C21H20ClNO2/c1-21(2,3)13-19(24)25-18-10-9-15(22)12-17(18)16-8-4-6-14-7-5-11-23-20(14)16/h4-12H,13H2,1-3H3. The maximum absolute atomic E-state index is 12.3. The van der Waals surface area contributed by atoms with Crippen LogP contribution in [0.15, 0.2) is 54.7 Å². The predicted molar refractivity (Wildman–Crippen MR) is 102 cm³/mol. The molecule has 3 nitrogen and oxygen atoms in total. The molecule has 0 unspecified atom stereocenters. The molecule has 0 radical (unpaired) electrons. The minimum absolute atomic E-state index is 0.134. The molecule has 1 aromatic heterocycles. The van der Waals surface area contributed by atoms with Crippen LogP contribution >= 0.6 is 11.6 Å². The topological polar surface area (TPSA) is 39.2 Å². The molecule has 1 heterocycles. The Kier molecular flexibility index (Phi) is 4.78. The third kappa shape index (κ3) is 4.18. The van der Waals surface area contributed by atoms with Crippen LogP contribution in [0.25, 0.3) is 22.0 Å². The van der Waals surface area contributed by atoms with E-state index in [1.54, 1.807) is 18.3 Å². The fourth-order valence-corrected chi connectivity index (χ4v) is 2.89. The van der Waals surface area contributed by atoms with Crippen LogP contribution in [0, 0.1) is 5.41 Å². The molecular weight excluding hydrogens is 334 g/mol. The third-order valence-corrected chi connectivity index (χ3v) is 4.00. The molecule has 128 valence electrons. The van der Waals surface area contributed by atoms with Crippen molar-refractivity contribution in [2.24, 2.45) is 5.41 Å². The molecule has 0 saturated heterocycles. The van der Waals surface area contributed by atoms with Crippen molar-refractivity contribution in [2.75, 3.05) is 0 Å². The summed E-state index contributed by atoms with van der Waals surface area (Å²) >= 11 is 6.20. The number of para-hydroxylation sites is 1. The van der Waals surface area contributed by atoms with Crippen molar-refractivity contribution in [1.29, 1.82) is 0 Å². The number of carbonyl (C=O) groups excluding carboxylic acids is 1. The number of pyridine rings is 1. The lowest BCUT2D eigenvalue weighted by molar-refractivity contribution is -0.136. The Morgan fingerprint density at radius 2 is 1.84 bits per heavy atom. The van der Waals surface area contributed by atoms with Gasteiger partial charge in [0, 0.05) is 27.7 Å². The second-order valence-electron chi connectivity index (χ2n) is 7.23. The molecule has 0 aliphatic rings. The Morgan fingerprint density at radius 3 is 2.60 bits per heavy atom. The van der Waals surface area contributed by atoms with E-state index in [4.69, 9.17) is 16.3 Å². The Bertz CT molecular complexity index is 923. The minimum atomic E-state index is -0.260. The summed E-state index contributed by atoms with van der Waals surface area (Å²) in [4.78, 5) is 16.8. The highest BCUT2D eigenvalue weighted by Crippen LogP contribution is 2.36. The van der Waals surface area contributed by atoms with Crippen LogP contribution < -0.4 is 4.74 Å². The number of carbonyl (C=O) groups is 1. The number of hydrogen-bond acceptors (Lipinski definition) is 3. The van der Waals surface area contributed by atoms with E-state index in [1.165, 1.54) is 0 Å². The van der Waals surface area contributed by atoms with Gasteiger partial charge in [-0.15, -0.1) is 0 Å². The number of hydrogen-bond donors (Lipinski definition) is 0. The van der Waals surface area contributed by atoms with Gasteiger partial charge in [-0.3, -0.25) is 9.78 Å². The van der Waals surface area contributed by atoms with Gasteiger partial charge >= 0.3 is 5.97 Å². The number of rotatable bonds is 3. The second-order valence-corrected chi connectivity index (χ2v) is 7.67. The number of aromatic nitrogens is 1. The van der Waals surface area contributed by atoms with Crippen LogP contribution in [0.1, 0.15) is 27.2 Å². The predicted octanol–water partition coefficient (Wildman–Crippen LogP) is 5.90. The first kappa shape index (κ1) is 17.4. The Balaban J connectivity index is 2.07. The number of ether oxygens (including phenoxy) is 1. The molecule has 0 amide bonds. The normalized spacial score (nSPS) is 11.5. The zero-order valence-corrected chi connectivity index (χ0v) is 15.3. The molecule has 0 aliphatic carbocycles. The van der Waals surface area contributed by atoms with Crippen LogP contribution in [0.4, 0.5) is 0 Å². The van der Waals surface area contributed by atoms with E-state index >= 15 is 0 Å². The first-order valence-corrected chi connectivity index (χ1v) is 8.56. The molecular formula is C21H20ClNO2. The summed E-state index contributed by atoms with van der Waals surface area (Å²) in [7, 11) is 0. The van der Waals surface area contributed by atoms with Crippen molar-refractivity contribution < 1.29 is 9.53 Å². The number of halogens is 1. The largest absolute Gasteiger partial charge is 0.426 e. The molecule has 0 saturated carbocycles. The number of nitrogens with zero attached hydrogens (tertiary/aromatic N) is 1. The summed E-state index contributed by atoms with van der Waals surface area (Å²) in [5.41, 5.74) is 2.36. The Hall–Kier alpha value is -2.39. The lowest BCUT2D eigenvalue weighted by Gasteiger charge is -2.18. The molecule has 0 atom stereocenters. The average molecular weight is 354 g/mol. The zero-order valence-electron chi connectivity index (χ0n) is 14.5. The van der Waals surface area contributed by atoms with E-state index in [9.17, 15) is 4.79 Å². The van der Waals surface area contributed by atoms with Crippen LogP contribution in [-0.2, 0) is 4.79 Å². The molecule has 0 spiro atoms. The molecule has 0 N–H and O–H groups in total. The zero-order chi connectivity index (χ0) is 18.0. The lowest BCUT2D eigenvalue weighted by atomic mass is 9.92. The SMILES string of the molecule is CC(C)(C)CC(=O)Oc1ccc(Cl)cc1-c1cccc2cccnc12. The van der Waals surface area contributed by atoms with E-state index in [0.717, 1.165) is 22.0 Å². The summed E-state index contributed by atoms with van der Waals surface area (Å²) in [5.74, 6) is 0.237. The van der Waals surface area contributed by atoms with E-state index < -0.39 is 0 Å². The smallest absolute Gasteiger partial charge is 0.311 e. The Labute approximate surface area is 152 Å². The summed E-state index contributed by atoms with van der Waals surface area (Å²) in [6.07, 6.45) is 2.09. The van der Waals surface area contributed by atoms with Gasteiger partial charge in [-0.2, -0.15) is 0 Å². The molecule has 0 fully saturated rings. The monoisotopic (exact) mass is 353 g/mol. The second kappa shape index (κ2) is 6.85. The first-order chi connectivity index (χ1) is 11.8. The van der Waals surface area contributed by atoms with Gasteiger partial charge in [0.2, 0.25) is 0 Å². The minimum Gasteiger partial charge on any atom is -0.426 e. The molecule has 4 heteroatoms. The van der Waals surface area contributed by atoms with Crippen molar-refractivity contribution in [3.05, 3.63) is 59.8 Å². The van der Waals surface area contributed by atoms with E-state index in [1.807, 2.05) is 57.2 Å². The van der Waals surface area contributed by atoms with Crippen molar-refractivity contribution in [2.45, 2.75) is 27.2 Å². The van der Waals surface area contributed by atoms with Crippen LogP contribution in [-0.4, -0.2) is 11.0 Å². The number of esters is 1. The van der Waals surface area contributed by atoms with Crippen molar-refractivity contribution in [3.63, 3.8) is 0 Å². The van der Waals surface area contributed by atoms with Gasteiger partial charge in [0.05, 0.1) is 11.9 Å². The highest BCUT2D eigenvalue weighted by molar-refractivity contribution is 6.31. The van der Waals surface area contributed by atoms with Gasteiger partial charge in [-0.25, -0.2) is 0 Å². The Morgan fingerprint density at radius 1 is 1.08 bits per heavy atom. The summed E-state index contributed by atoms with van der Waals surface area (Å²) in [6.45, 7) is 6.02. The maximum atomic E-state index is 12.3. The molecule has 2 aromatic carbocycles. The van der Waals surface area contributed by atoms with Gasteiger partial charge < -0.3 is 4.74 Å². The van der Waals surface area contributed by atoms with Gasteiger partial charge in [0.15, 0.2) is 0 Å². The third-order valence-electron chi connectivity index (χ3n) is 3.76. The van der Waals surface area contributed by atoms with Gasteiger partial charge in [0.1, 0.15) is 5.75 Å². The van der Waals surface area contributed by atoms with Crippen LogP contribution in [0.3, 0.4) is 0 Å². The maximum Gasteiger partial charge on any atom is 0.311 e. The van der Waals surface area contributed by atoms with E-state index in [0.29, 0.717) is 17.2 Å². The van der Waals surface area contributed by atoms with E-state index in [2.05, 4.69) is 4.98 Å². The highest BCUT2D eigenvalue weighted by atomic mass is 35.5. The van der Waals surface area contributed by atoms with Crippen molar-refractivity contribution >= 4 is 28.5 Å². The van der Waals surface area contributed by atoms with E-state index in [-0.39, 0.29) is 11.4 Å². The molecule has 0 aliphatic heterocycles. The van der Waals surface area contributed by atoms with Crippen molar-refractivity contribution in [3.8, 4) is 16.9 Å². The van der Waals surface area contributed by atoms with Crippen LogP contribution in [0.2, 0.25) is 5.02 Å². The number of benzene rings is 2. The van der Waals surface area contributed by atoms with Crippen LogP contribution in [0.5, 0.6) is 5.75 Å². The summed E-state index contributed by atoms with van der Waals surface area (Å²) in [5, 5.41) is 1.60. The van der Waals surface area contributed by atoms with Gasteiger partial charge in [-0.05, 0) is 29.7 Å².